The van der Waals surface area contributed by atoms with E-state index in [9.17, 15) is 44.6 Å². The maximum atomic E-state index is 12.8. The number of ether oxygens (including phenoxy) is 2. The predicted molar refractivity (Wildman–Crippen MR) is 239 cm³/mol. The predicted octanol–water partition coefficient (Wildman–Crippen LogP) is 9.17. The summed E-state index contributed by atoms with van der Waals surface area (Å²) in [5.41, 5.74) is 0. The standard InChI is InChI=1S/C47H83O13P/c1-3-5-7-9-11-13-15-17-18-19-20-21-22-24-26-28-30-32-34-36-41(49)59-39(38-58-61(55,56)60-47-45(53)43(51)42(50)44(52)46(47)54)37-57-40(48)35-33-31-29-27-25-23-16-14-12-10-8-6-4-2/h5,7,11,13,17-18,20-21,39,42-47,50-54H,3-4,6,8-10,12,14-16,19,22-38H2,1-2H3,(H,55,56)/t39-,42?,43-,44?,45?,46?,47?/m1/s1. The lowest BCUT2D eigenvalue weighted by Gasteiger charge is -2.41. The SMILES string of the molecule is CCC=CCC=CCC=CCC=CCCCCCCCCC(=O)O[C@H](COC(=O)CCCCCCCCCCCCCCC)COP(=O)(O)OC1C(O)C(O)C(O)[C@@H](O)C1O. The molecule has 1 aliphatic carbocycles. The third-order valence-corrected chi connectivity index (χ3v) is 11.7. The minimum Gasteiger partial charge on any atom is -0.462 e. The van der Waals surface area contributed by atoms with E-state index in [1.54, 1.807) is 0 Å². The molecule has 1 aliphatic rings. The molecular weight excluding hydrogens is 803 g/mol. The Bertz CT molecular complexity index is 1250. The van der Waals surface area contributed by atoms with Gasteiger partial charge in [0.15, 0.2) is 6.10 Å². The monoisotopic (exact) mass is 887 g/mol. The summed E-state index contributed by atoms with van der Waals surface area (Å²) in [7, 11) is -5.12. The van der Waals surface area contributed by atoms with E-state index in [-0.39, 0.29) is 12.8 Å². The second-order valence-electron chi connectivity index (χ2n) is 16.2. The molecule has 0 aliphatic heterocycles. The van der Waals surface area contributed by atoms with Crippen LogP contribution in [-0.4, -0.2) is 98.3 Å². The van der Waals surface area contributed by atoms with E-state index in [1.165, 1.54) is 57.8 Å². The number of phosphoric ester groups is 1. The molecule has 0 aromatic carbocycles. The van der Waals surface area contributed by atoms with E-state index in [0.29, 0.717) is 12.8 Å². The fraction of sp³-hybridized carbons (Fsp3) is 0.787. The highest BCUT2D eigenvalue weighted by atomic mass is 31.2. The van der Waals surface area contributed by atoms with Crippen molar-refractivity contribution in [1.29, 1.82) is 0 Å². The van der Waals surface area contributed by atoms with Crippen LogP contribution in [0.5, 0.6) is 0 Å². The smallest absolute Gasteiger partial charge is 0.462 e. The van der Waals surface area contributed by atoms with Crippen LogP contribution < -0.4 is 0 Å². The zero-order valence-electron chi connectivity index (χ0n) is 37.4. The number of allylic oxidation sites excluding steroid dienone is 8. The van der Waals surface area contributed by atoms with Gasteiger partial charge in [-0.2, -0.15) is 0 Å². The van der Waals surface area contributed by atoms with Crippen LogP contribution in [0.15, 0.2) is 48.6 Å². The van der Waals surface area contributed by atoms with Gasteiger partial charge in [0.25, 0.3) is 0 Å². The second-order valence-corrected chi connectivity index (χ2v) is 17.6. The number of phosphoric acid groups is 1. The van der Waals surface area contributed by atoms with Crippen molar-refractivity contribution in [2.45, 2.75) is 224 Å². The lowest BCUT2D eigenvalue weighted by Crippen LogP contribution is -2.64. The van der Waals surface area contributed by atoms with Gasteiger partial charge in [0.2, 0.25) is 0 Å². The summed E-state index contributed by atoms with van der Waals surface area (Å²) in [6, 6.07) is 0. The average molecular weight is 887 g/mol. The van der Waals surface area contributed by atoms with Crippen LogP contribution in [0.1, 0.15) is 181 Å². The van der Waals surface area contributed by atoms with E-state index in [1.807, 2.05) is 0 Å². The molecule has 0 aromatic heterocycles. The van der Waals surface area contributed by atoms with Crippen molar-refractivity contribution in [2.24, 2.45) is 0 Å². The van der Waals surface area contributed by atoms with Gasteiger partial charge < -0.3 is 39.9 Å². The third-order valence-electron chi connectivity index (χ3n) is 10.7. The van der Waals surface area contributed by atoms with Crippen LogP contribution >= 0.6 is 7.82 Å². The maximum absolute atomic E-state index is 12.8. The van der Waals surface area contributed by atoms with Crippen molar-refractivity contribution in [3.8, 4) is 0 Å². The summed E-state index contributed by atoms with van der Waals surface area (Å²) >= 11 is 0. The number of aliphatic hydroxyl groups is 5. The molecular formula is C47H83O13P. The van der Waals surface area contributed by atoms with Gasteiger partial charge in [0, 0.05) is 12.8 Å². The van der Waals surface area contributed by atoms with Crippen LogP contribution in [0.4, 0.5) is 0 Å². The number of carbonyl (C=O) groups is 2. The quantitative estimate of drug-likeness (QED) is 0.0148. The summed E-state index contributed by atoms with van der Waals surface area (Å²) in [6.45, 7) is 3.17. The summed E-state index contributed by atoms with van der Waals surface area (Å²) in [6.07, 6.45) is 30.2. The number of carbonyl (C=O) groups excluding carboxylic acids is 2. The number of unbranched alkanes of at least 4 members (excludes halogenated alkanes) is 18. The van der Waals surface area contributed by atoms with Gasteiger partial charge in [-0.05, 0) is 51.4 Å². The van der Waals surface area contributed by atoms with E-state index in [2.05, 4.69) is 62.5 Å². The van der Waals surface area contributed by atoms with E-state index < -0.39 is 75.7 Å². The molecule has 13 nitrogen and oxygen atoms in total. The van der Waals surface area contributed by atoms with Crippen molar-refractivity contribution in [3.05, 3.63) is 48.6 Å². The summed E-state index contributed by atoms with van der Waals surface area (Å²) in [5.74, 6) is -1.11. The normalized spacial score (nSPS) is 22.4. The zero-order valence-corrected chi connectivity index (χ0v) is 38.3. The fourth-order valence-electron chi connectivity index (χ4n) is 6.93. The molecule has 0 aromatic rings. The first-order chi connectivity index (χ1) is 29.4. The van der Waals surface area contributed by atoms with Crippen molar-refractivity contribution in [3.63, 3.8) is 0 Å². The fourth-order valence-corrected chi connectivity index (χ4v) is 7.90. The van der Waals surface area contributed by atoms with Gasteiger partial charge in [-0.15, -0.1) is 0 Å². The zero-order chi connectivity index (χ0) is 45.0. The largest absolute Gasteiger partial charge is 0.472 e. The number of esters is 2. The minimum atomic E-state index is -5.12. The summed E-state index contributed by atoms with van der Waals surface area (Å²) in [4.78, 5) is 35.7. The molecule has 354 valence electrons. The van der Waals surface area contributed by atoms with Crippen LogP contribution in [0.25, 0.3) is 0 Å². The molecule has 1 fully saturated rings. The molecule has 0 radical (unpaired) electrons. The highest BCUT2D eigenvalue weighted by Crippen LogP contribution is 2.47. The van der Waals surface area contributed by atoms with Crippen LogP contribution in [0.2, 0.25) is 0 Å². The van der Waals surface area contributed by atoms with Gasteiger partial charge in [0.05, 0.1) is 6.61 Å². The molecule has 6 N–H and O–H groups in total. The first kappa shape index (κ1) is 56.8. The lowest BCUT2D eigenvalue weighted by atomic mass is 9.85. The maximum Gasteiger partial charge on any atom is 0.472 e. The van der Waals surface area contributed by atoms with Crippen molar-refractivity contribution < 1.29 is 63.1 Å². The molecule has 1 saturated carbocycles. The number of aliphatic hydroxyl groups excluding tert-OH is 5. The highest BCUT2D eigenvalue weighted by Gasteiger charge is 2.51. The number of hydrogen-bond donors (Lipinski definition) is 6. The first-order valence-corrected chi connectivity index (χ1v) is 24.9. The van der Waals surface area contributed by atoms with Crippen LogP contribution in [-0.2, 0) is 32.7 Å². The molecule has 14 heteroatoms. The van der Waals surface area contributed by atoms with Gasteiger partial charge >= 0.3 is 19.8 Å². The van der Waals surface area contributed by atoms with Crippen LogP contribution in [0, 0.1) is 0 Å². The van der Waals surface area contributed by atoms with Crippen molar-refractivity contribution in [2.75, 3.05) is 13.2 Å². The third kappa shape index (κ3) is 29.7. The minimum absolute atomic E-state index is 0.0806. The first-order valence-electron chi connectivity index (χ1n) is 23.4. The summed E-state index contributed by atoms with van der Waals surface area (Å²) < 4.78 is 33.5. The molecule has 8 atom stereocenters. The Morgan fingerprint density at radius 2 is 0.934 bits per heavy atom. The Hall–Kier alpha value is -2.19. The van der Waals surface area contributed by atoms with E-state index in [4.69, 9.17) is 18.5 Å². The Balaban J connectivity index is 2.46. The van der Waals surface area contributed by atoms with Gasteiger partial charge in [0.1, 0.15) is 43.2 Å². The van der Waals surface area contributed by atoms with Gasteiger partial charge in [-0.3, -0.25) is 18.6 Å². The van der Waals surface area contributed by atoms with Gasteiger partial charge in [-0.1, -0.05) is 165 Å². The lowest BCUT2D eigenvalue weighted by molar-refractivity contribution is -0.220. The van der Waals surface area contributed by atoms with Crippen molar-refractivity contribution in [1.82, 2.24) is 0 Å². The Morgan fingerprint density at radius 1 is 0.525 bits per heavy atom. The van der Waals surface area contributed by atoms with Crippen LogP contribution in [0.3, 0.4) is 0 Å². The van der Waals surface area contributed by atoms with E-state index >= 15 is 0 Å². The Labute approximate surface area is 367 Å². The number of rotatable bonds is 38. The van der Waals surface area contributed by atoms with Crippen molar-refractivity contribution >= 4 is 19.8 Å². The second kappa shape index (κ2) is 37.2. The molecule has 0 bridgehead atoms. The molecule has 0 spiro atoms. The molecule has 1 rings (SSSR count). The molecule has 0 amide bonds. The molecule has 6 unspecified atom stereocenters. The molecule has 61 heavy (non-hydrogen) atoms. The van der Waals surface area contributed by atoms with Gasteiger partial charge in [-0.25, -0.2) is 4.57 Å². The number of hydrogen-bond acceptors (Lipinski definition) is 12. The highest BCUT2D eigenvalue weighted by molar-refractivity contribution is 7.47. The summed E-state index contributed by atoms with van der Waals surface area (Å²) in [5, 5.41) is 50.1. The average Bonchev–Trinajstić information content (AvgIpc) is 3.24. The van der Waals surface area contributed by atoms with E-state index in [0.717, 1.165) is 83.5 Å². The molecule has 0 heterocycles. The topological polar surface area (TPSA) is 210 Å². The Kier molecular flexibility index (Phi) is 34.7. The Morgan fingerprint density at radius 3 is 1.43 bits per heavy atom. The molecule has 0 saturated heterocycles.